The van der Waals surface area contributed by atoms with Crippen molar-refractivity contribution in [3.63, 3.8) is 0 Å². The van der Waals surface area contributed by atoms with E-state index in [0.717, 1.165) is 5.56 Å². The molecule has 2 atom stereocenters. The van der Waals surface area contributed by atoms with Gasteiger partial charge in [0.2, 0.25) is 0 Å². The van der Waals surface area contributed by atoms with Crippen molar-refractivity contribution in [2.75, 3.05) is 0 Å². The first-order chi connectivity index (χ1) is 7.57. The fourth-order valence-electron chi connectivity index (χ4n) is 3.22. The molecule has 0 unspecified atom stereocenters. The number of aliphatic hydroxyl groups excluding tert-OH is 1. The normalized spacial score (nSPS) is 38.2. The van der Waals surface area contributed by atoms with E-state index in [1.165, 1.54) is 12.8 Å². The molecule has 1 aliphatic carbocycles. The minimum absolute atomic E-state index is 0.198. The second kappa shape index (κ2) is 3.46. The highest BCUT2D eigenvalue weighted by molar-refractivity contribution is 6.30. The second-order valence-corrected chi connectivity index (χ2v) is 5.84. The average Bonchev–Trinajstić information content (AvgIpc) is 2.70. The topological polar surface area (TPSA) is 32.3 Å². The Balaban J connectivity index is 1.81. The molecule has 1 aromatic rings. The maximum Gasteiger partial charge on any atom is 0.0946 e. The molecule has 2 nitrogen and oxygen atoms in total. The van der Waals surface area contributed by atoms with Crippen LogP contribution in [0.25, 0.3) is 0 Å². The summed E-state index contributed by atoms with van der Waals surface area (Å²) in [4.78, 5) is 0. The monoisotopic (exact) mass is 237 g/mol. The molecule has 4 rings (SSSR count). The molecule has 1 saturated carbocycles. The van der Waals surface area contributed by atoms with E-state index in [4.69, 9.17) is 11.6 Å². The van der Waals surface area contributed by atoms with Gasteiger partial charge in [-0.2, -0.15) is 0 Å². The SMILES string of the molecule is CC12CC(C1)[C@@H]([C@H](O)c1cccc(Cl)c1)N2. The first kappa shape index (κ1) is 10.6. The molecule has 0 aromatic heterocycles. The molecule has 3 fully saturated rings. The Hall–Kier alpha value is -0.570. The third-order valence-electron chi connectivity index (χ3n) is 3.98. The molecular formula is C13H16ClNO. The zero-order valence-electron chi connectivity index (χ0n) is 9.28. The fraction of sp³-hybridized carbons (Fsp3) is 0.538. The molecule has 0 radical (unpaired) electrons. The number of nitrogens with one attached hydrogen (secondary N) is 1. The van der Waals surface area contributed by atoms with Crippen LogP contribution in [0.3, 0.4) is 0 Å². The van der Waals surface area contributed by atoms with Gasteiger partial charge in [-0.1, -0.05) is 23.7 Å². The number of benzene rings is 1. The van der Waals surface area contributed by atoms with Crippen LogP contribution in [0.1, 0.15) is 31.4 Å². The van der Waals surface area contributed by atoms with Crippen molar-refractivity contribution in [2.24, 2.45) is 5.92 Å². The summed E-state index contributed by atoms with van der Waals surface area (Å²) in [6, 6.07) is 7.72. The van der Waals surface area contributed by atoms with Crippen LogP contribution in [0.2, 0.25) is 5.02 Å². The molecule has 2 heterocycles. The quantitative estimate of drug-likeness (QED) is 0.829. The molecule has 2 saturated heterocycles. The van der Waals surface area contributed by atoms with Gasteiger partial charge in [-0.05, 0) is 43.4 Å². The van der Waals surface area contributed by atoms with Gasteiger partial charge in [-0.25, -0.2) is 0 Å². The Morgan fingerprint density at radius 3 is 2.81 bits per heavy atom. The van der Waals surface area contributed by atoms with Gasteiger partial charge in [-0.3, -0.25) is 0 Å². The largest absolute Gasteiger partial charge is 0.387 e. The predicted molar refractivity (Wildman–Crippen MR) is 64.5 cm³/mol. The van der Waals surface area contributed by atoms with Gasteiger partial charge in [-0.15, -0.1) is 0 Å². The molecular weight excluding hydrogens is 222 g/mol. The van der Waals surface area contributed by atoms with Crippen LogP contribution in [-0.4, -0.2) is 16.7 Å². The highest BCUT2D eigenvalue weighted by atomic mass is 35.5. The smallest absolute Gasteiger partial charge is 0.0946 e. The van der Waals surface area contributed by atoms with Gasteiger partial charge in [0.1, 0.15) is 0 Å². The third-order valence-corrected chi connectivity index (χ3v) is 4.21. The minimum Gasteiger partial charge on any atom is -0.387 e. The van der Waals surface area contributed by atoms with Crippen molar-refractivity contribution < 1.29 is 5.11 Å². The molecule has 3 heteroatoms. The average molecular weight is 238 g/mol. The molecule has 3 aliphatic rings. The van der Waals surface area contributed by atoms with Gasteiger partial charge in [0, 0.05) is 16.6 Å². The van der Waals surface area contributed by atoms with Crippen molar-refractivity contribution >= 4 is 11.6 Å². The summed E-state index contributed by atoms with van der Waals surface area (Å²) >= 11 is 5.94. The molecule has 16 heavy (non-hydrogen) atoms. The van der Waals surface area contributed by atoms with Crippen LogP contribution in [0.4, 0.5) is 0 Å². The Bertz CT molecular complexity index is 414. The van der Waals surface area contributed by atoms with Crippen LogP contribution in [0.15, 0.2) is 24.3 Å². The number of fused-ring (bicyclic) bond motifs is 1. The highest BCUT2D eigenvalue weighted by Gasteiger charge is 2.54. The van der Waals surface area contributed by atoms with E-state index in [1.54, 1.807) is 0 Å². The van der Waals surface area contributed by atoms with E-state index < -0.39 is 6.10 Å². The van der Waals surface area contributed by atoms with E-state index in [1.807, 2.05) is 24.3 Å². The van der Waals surface area contributed by atoms with Crippen LogP contribution in [0.5, 0.6) is 0 Å². The van der Waals surface area contributed by atoms with E-state index in [9.17, 15) is 5.11 Å². The molecule has 2 aliphatic heterocycles. The van der Waals surface area contributed by atoms with Gasteiger partial charge in [0.25, 0.3) is 0 Å². The van der Waals surface area contributed by atoms with Crippen LogP contribution < -0.4 is 5.32 Å². The van der Waals surface area contributed by atoms with E-state index in [-0.39, 0.29) is 11.6 Å². The lowest BCUT2D eigenvalue weighted by Crippen LogP contribution is -2.40. The standard InChI is InChI=1S/C13H16ClNO/c1-13-6-9(7-13)11(15-13)12(16)8-3-2-4-10(14)5-8/h2-5,9,11-12,15-16H,6-7H2,1H3/t9?,11-,12+,13?/m0/s1. The first-order valence-electron chi connectivity index (χ1n) is 5.79. The van der Waals surface area contributed by atoms with Crippen molar-refractivity contribution in [1.29, 1.82) is 0 Å². The van der Waals surface area contributed by atoms with Gasteiger partial charge in [0.05, 0.1) is 6.10 Å². The van der Waals surface area contributed by atoms with Crippen LogP contribution in [0, 0.1) is 5.92 Å². The van der Waals surface area contributed by atoms with E-state index in [0.29, 0.717) is 10.9 Å². The molecule has 2 bridgehead atoms. The summed E-state index contributed by atoms with van der Waals surface area (Å²) in [7, 11) is 0. The van der Waals surface area contributed by atoms with Crippen molar-refractivity contribution in [2.45, 2.75) is 37.5 Å². The summed E-state index contributed by atoms with van der Waals surface area (Å²) in [6.07, 6.45) is 1.94. The van der Waals surface area contributed by atoms with Crippen molar-refractivity contribution in [1.82, 2.24) is 5.32 Å². The zero-order chi connectivity index (χ0) is 11.3. The summed E-state index contributed by atoms with van der Waals surface area (Å²) in [5.74, 6) is 0.624. The number of hydrogen-bond donors (Lipinski definition) is 2. The summed E-state index contributed by atoms with van der Waals surface area (Å²) in [5, 5.41) is 14.6. The number of aliphatic hydroxyl groups is 1. The van der Waals surface area contributed by atoms with Crippen molar-refractivity contribution in [3.8, 4) is 0 Å². The second-order valence-electron chi connectivity index (χ2n) is 5.40. The molecule has 1 aromatic carbocycles. The number of halogens is 1. The number of hydrogen-bond acceptors (Lipinski definition) is 2. The van der Waals surface area contributed by atoms with Gasteiger partial charge >= 0.3 is 0 Å². The Labute approximate surface area is 101 Å². The van der Waals surface area contributed by atoms with Gasteiger partial charge < -0.3 is 10.4 Å². The van der Waals surface area contributed by atoms with Crippen molar-refractivity contribution in [3.05, 3.63) is 34.9 Å². The molecule has 86 valence electrons. The number of rotatable bonds is 2. The summed E-state index contributed by atoms with van der Waals surface area (Å²) in [5.41, 5.74) is 1.19. The third kappa shape index (κ3) is 1.56. The van der Waals surface area contributed by atoms with E-state index in [2.05, 4.69) is 12.2 Å². The maximum absolute atomic E-state index is 10.3. The lowest BCUT2D eigenvalue weighted by molar-refractivity contribution is 0.121. The predicted octanol–water partition coefficient (Wildman–Crippen LogP) is 2.51. The fourth-order valence-corrected chi connectivity index (χ4v) is 3.42. The first-order valence-corrected chi connectivity index (χ1v) is 6.16. The minimum atomic E-state index is -0.437. The Morgan fingerprint density at radius 2 is 2.25 bits per heavy atom. The lowest BCUT2D eigenvalue weighted by Gasteiger charge is -2.33. The van der Waals surface area contributed by atoms with E-state index >= 15 is 0 Å². The molecule has 2 N–H and O–H groups in total. The maximum atomic E-state index is 10.3. The highest BCUT2D eigenvalue weighted by Crippen LogP contribution is 2.50. The zero-order valence-corrected chi connectivity index (χ0v) is 10.0. The molecule has 0 spiro atoms. The molecule has 0 amide bonds. The lowest BCUT2D eigenvalue weighted by atomic mass is 9.72. The summed E-state index contributed by atoms with van der Waals surface area (Å²) in [6.45, 7) is 2.23. The van der Waals surface area contributed by atoms with Crippen LogP contribution >= 0.6 is 11.6 Å². The van der Waals surface area contributed by atoms with Gasteiger partial charge in [0.15, 0.2) is 0 Å². The summed E-state index contributed by atoms with van der Waals surface area (Å²) < 4.78 is 0. The Kier molecular flexibility index (Phi) is 2.29. The van der Waals surface area contributed by atoms with Crippen LogP contribution in [-0.2, 0) is 0 Å². The Morgan fingerprint density at radius 1 is 1.50 bits per heavy atom.